The van der Waals surface area contributed by atoms with Gasteiger partial charge in [-0.15, -0.1) is 0 Å². The van der Waals surface area contributed by atoms with E-state index in [1.807, 2.05) is 47.3 Å². The third kappa shape index (κ3) is 2.66. The summed E-state index contributed by atoms with van der Waals surface area (Å²) in [4.78, 5) is 14.2. The molecule has 1 saturated heterocycles. The summed E-state index contributed by atoms with van der Waals surface area (Å²) in [5.74, 6) is -0.364. The van der Waals surface area contributed by atoms with Crippen LogP contribution in [0.15, 0.2) is 42.7 Å². The number of nitrogens with two attached hydrogens (primary N) is 1. The predicted octanol–water partition coefficient (Wildman–Crippen LogP) is 2.96. The molecule has 0 saturated carbocycles. The summed E-state index contributed by atoms with van der Waals surface area (Å²) >= 11 is 0. The van der Waals surface area contributed by atoms with Crippen molar-refractivity contribution in [2.24, 2.45) is 5.73 Å². The van der Waals surface area contributed by atoms with E-state index in [1.54, 1.807) is 0 Å². The van der Waals surface area contributed by atoms with Crippen LogP contribution in [0.25, 0.3) is 5.69 Å². The Hall–Kier alpha value is -2.23. The van der Waals surface area contributed by atoms with Gasteiger partial charge in [0.15, 0.2) is 0 Å². The van der Waals surface area contributed by atoms with Crippen molar-refractivity contribution >= 4 is 11.6 Å². The van der Waals surface area contributed by atoms with Crippen molar-refractivity contribution in [2.75, 3.05) is 11.4 Å². The molecule has 2 heterocycles. The molecule has 1 atom stereocenters. The van der Waals surface area contributed by atoms with Gasteiger partial charge in [-0.2, -0.15) is 0 Å². The van der Waals surface area contributed by atoms with Crippen LogP contribution in [0.1, 0.15) is 36.5 Å². The molecule has 0 aliphatic carbocycles. The monoisotopic (exact) mass is 283 g/mol. The second kappa shape index (κ2) is 5.64. The Morgan fingerprint density at radius 1 is 1.24 bits per heavy atom. The van der Waals surface area contributed by atoms with Crippen molar-refractivity contribution in [2.45, 2.75) is 32.2 Å². The van der Waals surface area contributed by atoms with E-state index in [0.29, 0.717) is 11.6 Å². The quantitative estimate of drug-likeness (QED) is 0.941. The molecule has 0 unspecified atom stereocenters. The van der Waals surface area contributed by atoms with Gasteiger partial charge in [-0.05, 0) is 56.5 Å². The minimum absolute atomic E-state index is 0.364. The Labute approximate surface area is 125 Å². The minimum atomic E-state index is -0.364. The summed E-state index contributed by atoms with van der Waals surface area (Å²) < 4.78 is 1.98. The number of amides is 1. The average Bonchev–Trinajstić information content (AvgIpc) is 3.01. The van der Waals surface area contributed by atoms with Gasteiger partial charge in [0.2, 0.25) is 0 Å². The van der Waals surface area contributed by atoms with Crippen LogP contribution in [0, 0.1) is 0 Å². The number of carbonyl (C=O) groups excluding carboxylic acids is 1. The van der Waals surface area contributed by atoms with E-state index >= 15 is 0 Å². The molecular formula is C17H21N3O. The lowest BCUT2D eigenvalue weighted by Crippen LogP contribution is -2.38. The summed E-state index contributed by atoms with van der Waals surface area (Å²) in [5, 5.41) is 0. The summed E-state index contributed by atoms with van der Waals surface area (Å²) in [6, 6.07) is 10.3. The van der Waals surface area contributed by atoms with Crippen molar-refractivity contribution < 1.29 is 4.79 Å². The molecule has 1 aromatic carbocycles. The molecule has 1 aliphatic heterocycles. The third-order valence-corrected chi connectivity index (χ3v) is 4.26. The highest BCUT2D eigenvalue weighted by Crippen LogP contribution is 2.29. The van der Waals surface area contributed by atoms with Gasteiger partial charge < -0.3 is 15.2 Å². The summed E-state index contributed by atoms with van der Waals surface area (Å²) in [5.41, 5.74) is 8.14. The fourth-order valence-electron chi connectivity index (χ4n) is 3.10. The van der Waals surface area contributed by atoms with Crippen molar-refractivity contribution in [1.29, 1.82) is 0 Å². The first-order valence-electron chi connectivity index (χ1n) is 7.50. The maximum absolute atomic E-state index is 11.9. The summed E-state index contributed by atoms with van der Waals surface area (Å²) in [6.45, 7) is 3.20. The molecular weight excluding hydrogens is 262 g/mol. The van der Waals surface area contributed by atoms with Crippen LogP contribution >= 0.6 is 0 Å². The molecule has 1 amide bonds. The number of hydrogen-bond donors (Lipinski definition) is 1. The lowest BCUT2D eigenvalue weighted by atomic mass is 10.0. The smallest absolute Gasteiger partial charge is 0.250 e. The van der Waals surface area contributed by atoms with Gasteiger partial charge in [0.1, 0.15) is 0 Å². The molecule has 1 aromatic heterocycles. The molecule has 110 valence electrons. The maximum atomic E-state index is 11.9. The molecule has 0 radical (unpaired) electrons. The molecule has 3 rings (SSSR count). The number of aromatic nitrogens is 1. The van der Waals surface area contributed by atoms with Crippen LogP contribution in [0.2, 0.25) is 0 Å². The Morgan fingerprint density at radius 2 is 2.00 bits per heavy atom. The molecule has 1 fully saturated rings. The highest BCUT2D eigenvalue weighted by atomic mass is 16.1. The fraction of sp³-hybridized carbons (Fsp3) is 0.353. The Bertz CT molecular complexity index is 633. The van der Waals surface area contributed by atoms with Gasteiger partial charge in [0, 0.05) is 36.4 Å². The van der Waals surface area contributed by atoms with Crippen LogP contribution in [0.4, 0.5) is 5.69 Å². The van der Waals surface area contributed by atoms with Gasteiger partial charge >= 0.3 is 0 Å². The molecule has 4 heteroatoms. The van der Waals surface area contributed by atoms with E-state index in [2.05, 4.69) is 11.8 Å². The number of hydrogen-bond acceptors (Lipinski definition) is 2. The minimum Gasteiger partial charge on any atom is -0.368 e. The topological polar surface area (TPSA) is 51.3 Å². The zero-order valence-corrected chi connectivity index (χ0v) is 12.3. The first-order valence-corrected chi connectivity index (χ1v) is 7.50. The highest BCUT2D eigenvalue weighted by molar-refractivity contribution is 5.99. The number of piperidine rings is 1. The number of nitrogens with zero attached hydrogens (tertiary/aromatic N) is 2. The van der Waals surface area contributed by atoms with Gasteiger partial charge in [0.25, 0.3) is 5.91 Å². The Balaban J connectivity index is 2.02. The fourth-order valence-corrected chi connectivity index (χ4v) is 3.10. The van der Waals surface area contributed by atoms with Crippen LogP contribution < -0.4 is 10.6 Å². The van der Waals surface area contributed by atoms with Gasteiger partial charge in [-0.1, -0.05) is 0 Å². The van der Waals surface area contributed by atoms with E-state index in [4.69, 9.17) is 5.73 Å². The second-order valence-electron chi connectivity index (χ2n) is 5.69. The molecule has 1 aliphatic rings. The molecule has 2 aromatic rings. The van der Waals surface area contributed by atoms with Crippen molar-refractivity contribution in [3.63, 3.8) is 0 Å². The number of primary amides is 1. The normalized spacial score (nSPS) is 18.7. The molecule has 2 N–H and O–H groups in total. The number of rotatable bonds is 3. The van der Waals surface area contributed by atoms with Crippen LogP contribution in [-0.4, -0.2) is 23.1 Å². The van der Waals surface area contributed by atoms with E-state index in [1.165, 1.54) is 12.8 Å². The van der Waals surface area contributed by atoms with E-state index in [-0.39, 0.29) is 5.91 Å². The molecule has 0 bridgehead atoms. The maximum Gasteiger partial charge on any atom is 0.250 e. The van der Waals surface area contributed by atoms with Crippen molar-refractivity contribution in [3.8, 4) is 5.69 Å². The first kappa shape index (κ1) is 13.7. The zero-order valence-electron chi connectivity index (χ0n) is 12.3. The van der Waals surface area contributed by atoms with Crippen LogP contribution in [0.5, 0.6) is 0 Å². The van der Waals surface area contributed by atoms with Gasteiger partial charge in [-0.25, -0.2) is 0 Å². The van der Waals surface area contributed by atoms with E-state index in [9.17, 15) is 4.79 Å². The Kier molecular flexibility index (Phi) is 3.69. The van der Waals surface area contributed by atoms with Gasteiger partial charge in [-0.3, -0.25) is 4.79 Å². The predicted molar refractivity (Wildman–Crippen MR) is 84.9 cm³/mol. The molecule has 0 spiro atoms. The molecule has 21 heavy (non-hydrogen) atoms. The van der Waals surface area contributed by atoms with Crippen molar-refractivity contribution in [1.82, 2.24) is 4.57 Å². The third-order valence-electron chi connectivity index (χ3n) is 4.26. The Morgan fingerprint density at radius 3 is 2.67 bits per heavy atom. The van der Waals surface area contributed by atoms with Crippen LogP contribution in [-0.2, 0) is 0 Å². The highest BCUT2D eigenvalue weighted by Gasteiger charge is 2.22. The largest absolute Gasteiger partial charge is 0.368 e. The second-order valence-corrected chi connectivity index (χ2v) is 5.69. The summed E-state index contributed by atoms with van der Waals surface area (Å²) in [6.07, 6.45) is 7.51. The summed E-state index contributed by atoms with van der Waals surface area (Å²) in [7, 11) is 0. The zero-order chi connectivity index (χ0) is 14.8. The van der Waals surface area contributed by atoms with E-state index in [0.717, 1.165) is 24.3 Å². The SMILES string of the molecule is C[C@H]1CCCCN1c1ccc(-n2cccc2)cc1C(N)=O. The standard InChI is InChI=1S/C17H21N3O/c1-13-6-2-3-11-20(13)16-8-7-14(12-15(16)17(18)21)19-9-4-5-10-19/h4-5,7-10,12-13H,2-3,6,11H2,1H3,(H2,18,21)/t13-/m0/s1. The van der Waals surface area contributed by atoms with Gasteiger partial charge in [0.05, 0.1) is 5.56 Å². The van der Waals surface area contributed by atoms with Crippen LogP contribution in [0.3, 0.4) is 0 Å². The average molecular weight is 283 g/mol. The number of anilines is 1. The number of benzene rings is 1. The lowest BCUT2D eigenvalue weighted by molar-refractivity contribution is 0.100. The lowest BCUT2D eigenvalue weighted by Gasteiger charge is -2.36. The van der Waals surface area contributed by atoms with E-state index < -0.39 is 0 Å². The number of carbonyl (C=O) groups is 1. The first-order chi connectivity index (χ1) is 10.2. The van der Waals surface area contributed by atoms with Crippen molar-refractivity contribution in [3.05, 3.63) is 48.3 Å². The molecule has 4 nitrogen and oxygen atoms in total.